The minimum absolute atomic E-state index is 0.362. The van der Waals surface area contributed by atoms with Crippen LogP contribution in [-0.2, 0) is 0 Å². The predicted molar refractivity (Wildman–Crippen MR) is 106 cm³/mol. The van der Waals surface area contributed by atoms with Crippen molar-refractivity contribution in [2.75, 3.05) is 5.32 Å². The van der Waals surface area contributed by atoms with Gasteiger partial charge < -0.3 is 10.6 Å². The summed E-state index contributed by atoms with van der Waals surface area (Å²) in [5, 5.41) is 6.06. The molecule has 0 heterocycles. The maximum absolute atomic E-state index is 12.4. The first kappa shape index (κ1) is 18.9. The summed E-state index contributed by atoms with van der Waals surface area (Å²) in [7, 11) is 0. The summed E-state index contributed by atoms with van der Waals surface area (Å²) in [4.78, 5) is 12.4. The molecule has 0 fully saturated rings. The lowest BCUT2D eigenvalue weighted by atomic mass is 10.2. The van der Waals surface area contributed by atoms with Gasteiger partial charge in [0.2, 0.25) is 3.79 Å². The quantitative estimate of drug-likeness (QED) is 0.329. The zero-order valence-corrected chi connectivity index (χ0v) is 16.7. The number of nitrogens with one attached hydrogen (secondary N) is 2. The highest BCUT2D eigenvalue weighted by atomic mass is 127. The van der Waals surface area contributed by atoms with Crippen molar-refractivity contribution >= 4 is 80.6 Å². The van der Waals surface area contributed by atoms with Crippen LogP contribution in [0.5, 0.6) is 0 Å². The van der Waals surface area contributed by atoms with E-state index in [1.807, 2.05) is 6.07 Å². The van der Waals surface area contributed by atoms with E-state index in [0.717, 1.165) is 3.57 Å². The van der Waals surface area contributed by atoms with E-state index in [1.165, 1.54) is 0 Å². The van der Waals surface area contributed by atoms with Gasteiger partial charge in [0.05, 0.1) is 10.7 Å². The molecule has 0 radical (unpaired) electrons. The Morgan fingerprint density at radius 3 is 2.39 bits per heavy atom. The molecule has 8 heteroatoms. The highest BCUT2D eigenvalue weighted by Crippen LogP contribution is 2.32. The third-order valence-electron chi connectivity index (χ3n) is 2.86. The van der Waals surface area contributed by atoms with Gasteiger partial charge in [0.15, 0.2) is 0 Å². The number of alkyl halides is 3. The molecule has 0 spiro atoms. The molecule has 1 unspecified atom stereocenters. The van der Waals surface area contributed by atoms with Crippen molar-refractivity contribution in [3.63, 3.8) is 0 Å². The summed E-state index contributed by atoms with van der Waals surface area (Å²) in [6.45, 7) is 0. The number of carbonyl (C=O) groups is 1. The number of carbonyl (C=O) groups excluding carboxylic acids is 1. The number of para-hydroxylation sites is 1. The Hall–Kier alpha value is -0.400. The molecule has 0 bridgehead atoms. The number of rotatable bonds is 4. The molecule has 0 aliphatic rings. The maximum Gasteiger partial charge on any atom is 0.253 e. The van der Waals surface area contributed by atoms with Crippen molar-refractivity contribution in [3.8, 4) is 0 Å². The van der Waals surface area contributed by atoms with Crippen LogP contribution < -0.4 is 10.6 Å². The lowest BCUT2D eigenvalue weighted by Gasteiger charge is -2.27. The summed E-state index contributed by atoms with van der Waals surface area (Å²) in [6, 6.07) is 14.1. The van der Waals surface area contributed by atoms with Crippen molar-refractivity contribution in [1.29, 1.82) is 0 Å². The van der Waals surface area contributed by atoms with Gasteiger partial charge in [-0.25, -0.2) is 0 Å². The molecule has 23 heavy (non-hydrogen) atoms. The molecular weight excluding hydrogens is 493 g/mol. The number of amides is 1. The van der Waals surface area contributed by atoms with E-state index in [-0.39, 0.29) is 5.91 Å². The van der Waals surface area contributed by atoms with E-state index in [1.54, 1.807) is 42.5 Å². The van der Waals surface area contributed by atoms with Gasteiger partial charge in [0.1, 0.15) is 6.17 Å². The van der Waals surface area contributed by atoms with Gasteiger partial charge in [-0.05, 0) is 52.9 Å². The molecule has 1 atom stereocenters. The monoisotopic (exact) mass is 502 g/mol. The molecular formula is C15H11Cl4IN2O. The molecule has 2 N–H and O–H groups in total. The number of benzene rings is 2. The van der Waals surface area contributed by atoms with Crippen LogP contribution in [0.3, 0.4) is 0 Å². The lowest BCUT2D eigenvalue weighted by Crippen LogP contribution is -2.49. The highest BCUT2D eigenvalue weighted by molar-refractivity contribution is 14.1. The minimum Gasteiger partial charge on any atom is -0.361 e. The summed E-state index contributed by atoms with van der Waals surface area (Å²) in [5.74, 6) is -0.362. The molecule has 2 aromatic carbocycles. The SMILES string of the molecule is O=C(NC(Nc1ccccc1Cl)C(Cl)(Cl)Cl)c1cccc(I)c1. The van der Waals surface area contributed by atoms with Crippen LogP contribution in [0, 0.1) is 3.57 Å². The molecule has 2 aromatic rings. The fourth-order valence-electron chi connectivity index (χ4n) is 1.78. The fraction of sp³-hybridized carbons (Fsp3) is 0.133. The summed E-state index contributed by atoms with van der Waals surface area (Å²) in [5.41, 5.74) is 1.02. The van der Waals surface area contributed by atoms with Crippen LogP contribution in [-0.4, -0.2) is 15.9 Å². The second kappa shape index (κ2) is 8.12. The second-order valence-corrected chi connectivity index (χ2v) is 8.60. The van der Waals surface area contributed by atoms with E-state index in [4.69, 9.17) is 46.4 Å². The zero-order valence-electron chi connectivity index (χ0n) is 11.5. The Morgan fingerprint density at radius 1 is 1.09 bits per heavy atom. The predicted octanol–water partition coefficient (Wildman–Crippen LogP) is 5.48. The first-order valence-corrected chi connectivity index (χ1v) is 9.00. The van der Waals surface area contributed by atoms with E-state index < -0.39 is 9.96 Å². The molecule has 3 nitrogen and oxygen atoms in total. The van der Waals surface area contributed by atoms with Gasteiger partial charge in [-0.2, -0.15) is 0 Å². The van der Waals surface area contributed by atoms with Gasteiger partial charge in [-0.3, -0.25) is 4.79 Å². The minimum atomic E-state index is -1.77. The van der Waals surface area contributed by atoms with Crippen LogP contribution >= 0.6 is 69.0 Å². The van der Waals surface area contributed by atoms with Crippen molar-refractivity contribution in [1.82, 2.24) is 5.32 Å². The normalized spacial score (nSPS) is 12.6. The number of hydrogen-bond donors (Lipinski definition) is 2. The van der Waals surface area contributed by atoms with Crippen LogP contribution in [0.4, 0.5) is 5.69 Å². The first-order valence-electron chi connectivity index (χ1n) is 6.41. The number of halogens is 5. The maximum atomic E-state index is 12.4. The average molecular weight is 504 g/mol. The molecule has 0 aromatic heterocycles. The highest BCUT2D eigenvalue weighted by Gasteiger charge is 2.34. The van der Waals surface area contributed by atoms with E-state index in [9.17, 15) is 4.79 Å². The Labute approximate surface area is 167 Å². The Morgan fingerprint density at radius 2 is 1.78 bits per heavy atom. The smallest absolute Gasteiger partial charge is 0.253 e. The summed E-state index contributed by atoms with van der Waals surface area (Å²) >= 11 is 26.1. The first-order chi connectivity index (χ1) is 10.8. The molecule has 2 rings (SSSR count). The van der Waals surface area contributed by atoms with Crippen LogP contribution in [0.1, 0.15) is 10.4 Å². The van der Waals surface area contributed by atoms with Gasteiger partial charge >= 0.3 is 0 Å². The lowest BCUT2D eigenvalue weighted by molar-refractivity contribution is 0.0942. The molecule has 0 aliphatic heterocycles. The van der Waals surface area contributed by atoms with Gasteiger partial charge in [-0.15, -0.1) is 0 Å². The Bertz CT molecular complexity index is 706. The topological polar surface area (TPSA) is 41.1 Å². The van der Waals surface area contributed by atoms with Crippen LogP contribution in [0.25, 0.3) is 0 Å². The standard InChI is InChI=1S/C15H11Cl4IN2O/c16-11-6-1-2-7-12(11)21-14(15(17,18)19)22-13(23)9-4-3-5-10(20)8-9/h1-8,14,21H,(H,22,23). The second-order valence-electron chi connectivity index (χ2n) is 4.58. The molecule has 0 aliphatic carbocycles. The Balaban J connectivity index is 2.20. The van der Waals surface area contributed by atoms with Crippen molar-refractivity contribution in [3.05, 3.63) is 62.7 Å². The average Bonchev–Trinajstić information content (AvgIpc) is 2.47. The Kier molecular flexibility index (Phi) is 6.68. The van der Waals surface area contributed by atoms with Crippen LogP contribution in [0.2, 0.25) is 5.02 Å². The zero-order chi connectivity index (χ0) is 17.0. The van der Waals surface area contributed by atoms with Gasteiger partial charge in [0.25, 0.3) is 5.91 Å². The fourth-order valence-corrected chi connectivity index (χ4v) is 2.84. The third kappa shape index (κ3) is 5.57. The molecule has 0 saturated carbocycles. The molecule has 0 saturated heterocycles. The van der Waals surface area contributed by atoms with Gasteiger partial charge in [-0.1, -0.05) is 64.6 Å². The van der Waals surface area contributed by atoms with E-state index in [0.29, 0.717) is 16.3 Å². The van der Waals surface area contributed by atoms with Crippen LogP contribution in [0.15, 0.2) is 48.5 Å². The summed E-state index contributed by atoms with van der Waals surface area (Å²) < 4.78 is -0.837. The molecule has 1 amide bonds. The number of hydrogen-bond acceptors (Lipinski definition) is 2. The number of anilines is 1. The van der Waals surface area contributed by atoms with Crippen molar-refractivity contribution in [2.24, 2.45) is 0 Å². The van der Waals surface area contributed by atoms with E-state index in [2.05, 4.69) is 33.2 Å². The van der Waals surface area contributed by atoms with Crippen molar-refractivity contribution in [2.45, 2.75) is 9.96 Å². The molecule has 122 valence electrons. The largest absolute Gasteiger partial charge is 0.361 e. The summed E-state index contributed by atoms with van der Waals surface area (Å²) in [6.07, 6.45) is -0.960. The van der Waals surface area contributed by atoms with E-state index >= 15 is 0 Å². The van der Waals surface area contributed by atoms with Gasteiger partial charge in [0, 0.05) is 9.13 Å². The third-order valence-corrected chi connectivity index (χ3v) is 4.52. The van der Waals surface area contributed by atoms with Crippen molar-refractivity contribution < 1.29 is 4.79 Å².